The SMILES string of the molecule is CC(C)c1ccc(C2c3c(nc(N4CCC(C(N)=O)CC4)[nH]c3=O)NC(=O)C2C#N)cc1. The molecule has 166 valence electrons. The zero-order valence-electron chi connectivity index (χ0n) is 18.1. The van der Waals surface area contributed by atoms with Crippen LogP contribution >= 0.6 is 0 Å². The molecule has 0 radical (unpaired) electrons. The van der Waals surface area contributed by atoms with Crippen molar-refractivity contribution in [3.63, 3.8) is 0 Å². The van der Waals surface area contributed by atoms with Crippen molar-refractivity contribution < 1.29 is 9.59 Å². The van der Waals surface area contributed by atoms with Gasteiger partial charge in [-0.3, -0.25) is 19.4 Å². The lowest BCUT2D eigenvalue weighted by Crippen LogP contribution is -2.42. The Balaban J connectivity index is 1.72. The molecule has 2 aromatic rings. The van der Waals surface area contributed by atoms with Crippen molar-refractivity contribution >= 4 is 23.6 Å². The Hall–Kier alpha value is -3.67. The van der Waals surface area contributed by atoms with Gasteiger partial charge in [-0.2, -0.15) is 10.2 Å². The van der Waals surface area contributed by atoms with Gasteiger partial charge in [0.1, 0.15) is 11.7 Å². The largest absolute Gasteiger partial charge is 0.369 e. The van der Waals surface area contributed by atoms with Crippen LogP contribution in [0.3, 0.4) is 0 Å². The number of hydrogen-bond acceptors (Lipinski definition) is 6. The number of benzene rings is 1. The monoisotopic (exact) mass is 434 g/mol. The third-order valence-corrected chi connectivity index (χ3v) is 6.41. The van der Waals surface area contributed by atoms with Crippen LogP contribution in [0, 0.1) is 23.2 Å². The Morgan fingerprint density at radius 1 is 1.22 bits per heavy atom. The molecule has 0 saturated carbocycles. The van der Waals surface area contributed by atoms with Crippen LogP contribution in [0.15, 0.2) is 29.1 Å². The first-order valence-electron chi connectivity index (χ1n) is 10.8. The first-order valence-corrected chi connectivity index (χ1v) is 10.8. The molecule has 2 amide bonds. The van der Waals surface area contributed by atoms with Crippen LogP contribution in [0.2, 0.25) is 0 Å². The van der Waals surface area contributed by atoms with Gasteiger partial charge in [0, 0.05) is 24.9 Å². The van der Waals surface area contributed by atoms with Crippen molar-refractivity contribution in [3.8, 4) is 6.07 Å². The Bertz CT molecular complexity index is 1140. The van der Waals surface area contributed by atoms with Crippen molar-refractivity contribution in [3.05, 3.63) is 51.3 Å². The van der Waals surface area contributed by atoms with Crippen molar-refractivity contribution in [2.45, 2.75) is 38.5 Å². The topological polar surface area (TPSA) is 145 Å². The van der Waals surface area contributed by atoms with Gasteiger partial charge in [0.15, 0.2) is 0 Å². The molecule has 2 atom stereocenters. The van der Waals surface area contributed by atoms with Gasteiger partial charge in [0.25, 0.3) is 5.56 Å². The molecular formula is C23H26N6O3. The number of piperidine rings is 1. The molecule has 1 aromatic heterocycles. The second-order valence-corrected chi connectivity index (χ2v) is 8.71. The molecule has 1 fully saturated rings. The molecule has 4 rings (SSSR count). The van der Waals surface area contributed by atoms with Gasteiger partial charge in [-0.05, 0) is 29.9 Å². The van der Waals surface area contributed by atoms with E-state index in [0.717, 1.165) is 11.1 Å². The second kappa shape index (κ2) is 8.46. The summed E-state index contributed by atoms with van der Waals surface area (Å²) in [5, 5.41) is 12.3. The van der Waals surface area contributed by atoms with Crippen LogP contribution in [0.1, 0.15) is 55.2 Å². The van der Waals surface area contributed by atoms with E-state index in [1.54, 1.807) is 0 Å². The minimum atomic E-state index is -1.03. The van der Waals surface area contributed by atoms with E-state index in [2.05, 4.69) is 35.2 Å². The van der Waals surface area contributed by atoms with Crippen molar-refractivity contribution in [2.24, 2.45) is 17.6 Å². The number of carbonyl (C=O) groups is 2. The third kappa shape index (κ3) is 3.84. The van der Waals surface area contributed by atoms with Crippen molar-refractivity contribution in [1.29, 1.82) is 5.26 Å². The number of anilines is 2. The van der Waals surface area contributed by atoms with Gasteiger partial charge in [0.2, 0.25) is 17.8 Å². The van der Waals surface area contributed by atoms with E-state index in [0.29, 0.717) is 37.8 Å². The molecule has 3 heterocycles. The van der Waals surface area contributed by atoms with Gasteiger partial charge in [-0.1, -0.05) is 38.1 Å². The number of aromatic nitrogens is 2. The highest BCUT2D eigenvalue weighted by molar-refractivity contribution is 5.98. The molecule has 0 spiro atoms. The lowest BCUT2D eigenvalue weighted by atomic mass is 9.79. The normalized spacial score (nSPS) is 21.1. The molecule has 9 nitrogen and oxygen atoms in total. The summed E-state index contributed by atoms with van der Waals surface area (Å²) in [6.45, 7) is 5.20. The van der Waals surface area contributed by atoms with Crippen LogP contribution in [0.5, 0.6) is 0 Å². The molecule has 0 bridgehead atoms. The summed E-state index contributed by atoms with van der Waals surface area (Å²) in [5.74, 6) is -1.89. The lowest BCUT2D eigenvalue weighted by molar-refractivity contribution is -0.122. The number of hydrogen-bond donors (Lipinski definition) is 3. The van der Waals surface area contributed by atoms with Gasteiger partial charge in [0.05, 0.1) is 11.6 Å². The van der Waals surface area contributed by atoms with Gasteiger partial charge in [-0.15, -0.1) is 0 Å². The molecule has 2 unspecified atom stereocenters. The summed E-state index contributed by atoms with van der Waals surface area (Å²) < 4.78 is 0. The summed E-state index contributed by atoms with van der Waals surface area (Å²) in [5.41, 5.74) is 7.14. The Morgan fingerprint density at radius 2 is 1.88 bits per heavy atom. The number of nitrogens with one attached hydrogen (secondary N) is 2. The molecule has 2 aliphatic heterocycles. The Morgan fingerprint density at radius 3 is 2.44 bits per heavy atom. The number of carbonyl (C=O) groups excluding carboxylic acids is 2. The fourth-order valence-corrected chi connectivity index (χ4v) is 4.47. The Kier molecular flexibility index (Phi) is 5.70. The molecule has 2 aliphatic rings. The van der Waals surface area contributed by atoms with Gasteiger partial charge >= 0.3 is 0 Å². The number of nitrogens with two attached hydrogens (primary N) is 1. The summed E-state index contributed by atoms with van der Waals surface area (Å²) in [7, 11) is 0. The molecule has 0 aliphatic carbocycles. The summed E-state index contributed by atoms with van der Waals surface area (Å²) in [4.78, 5) is 46.5. The van der Waals surface area contributed by atoms with Crippen LogP contribution in [-0.2, 0) is 9.59 Å². The van der Waals surface area contributed by atoms with Crippen LogP contribution in [-0.4, -0.2) is 34.9 Å². The van der Waals surface area contributed by atoms with Gasteiger partial charge < -0.3 is 16.0 Å². The van der Waals surface area contributed by atoms with E-state index in [4.69, 9.17) is 5.73 Å². The van der Waals surface area contributed by atoms with Crippen LogP contribution in [0.25, 0.3) is 0 Å². The maximum absolute atomic E-state index is 13.2. The van der Waals surface area contributed by atoms with E-state index in [1.807, 2.05) is 29.2 Å². The quantitative estimate of drug-likeness (QED) is 0.669. The molecular weight excluding hydrogens is 408 g/mol. The molecule has 1 saturated heterocycles. The van der Waals surface area contributed by atoms with Crippen molar-refractivity contribution in [1.82, 2.24) is 9.97 Å². The summed E-state index contributed by atoms with van der Waals surface area (Å²) in [6, 6.07) is 9.71. The smallest absolute Gasteiger partial charge is 0.258 e. The number of rotatable bonds is 4. The predicted molar refractivity (Wildman–Crippen MR) is 119 cm³/mol. The highest BCUT2D eigenvalue weighted by atomic mass is 16.2. The highest BCUT2D eigenvalue weighted by Crippen LogP contribution is 2.38. The summed E-state index contributed by atoms with van der Waals surface area (Å²) >= 11 is 0. The number of fused-ring (bicyclic) bond motifs is 1. The average Bonchev–Trinajstić information content (AvgIpc) is 2.78. The third-order valence-electron chi connectivity index (χ3n) is 6.41. The fraction of sp³-hybridized carbons (Fsp3) is 0.435. The van der Waals surface area contributed by atoms with Crippen molar-refractivity contribution in [2.75, 3.05) is 23.3 Å². The van der Waals surface area contributed by atoms with E-state index in [9.17, 15) is 19.6 Å². The maximum Gasteiger partial charge on any atom is 0.258 e. The first-order chi connectivity index (χ1) is 15.3. The lowest BCUT2D eigenvalue weighted by Gasteiger charge is -2.33. The van der Waals surface area contributed by atoms with E-state index >= 15 is 0 Å². The summed E-state index contributed by atoms with van der Waals surface area (Å²) in [6.07, 6.45) is 1.15. The Labute approximate surface area is 185 Å². The van der Waals surface area contributed by atoms with E-state index < -0.39 is 17.7 Å². The van der Waals surface area contributed by atoms with Crippen LogP contribution < -0.4 is 21.5 Å². The molecule has 1 aromatic carbocycles. The molecule has 9 heteroatoms. The maximum atomic E-state index is 13.2. The number of nitriles is 1. The van der Waals surface area contributed by atoms with Gasteiger partial charge in [-0.25, -0.2) is 0 Å². The minimum absolute atomic E-state index is 0.176. The molecule has 32 heavy (non-hydrogen) atoms. The standard InChI is InChI=1S/C23H26N6O3/c1-12(2)13-3-5-14(6-4-13)17-16(11-24)21(31)26-20-18(17)22(32)28-23(27-20)29-9-7-15(8-10-29)19(25)30/h3-6,12,15-17H,7-10H2,1-2H3,(H2,25,30)(H2,26,27,28,31,32). The number of H-pyrrole nitrogens is 1. The number of primary amides is 1. The minimum Gasteiger partial charge on any atom is -0.369 e. The molecule has 4 N–H and O–H groups in total. The van der Waals surface area contributed by atoms with Crippen LogP contribution in [0.4, 0.5) is 11.8 Å². The number of aromatic amines is 1. The average molecular weight is 435 g/mol. The highest BCUT2D eigenvalue weighted by Gasteiger charge is 2.40. The zero-order chi connectivity index (χ0) is 23.0. The first kappa shape index (κ1) is 21.6. The van der Waals surface area contributed by atoms with E-state index in [1.165, 1.54) is 0 Å². The number of nitrogens with zero attached hydrogens (tertiary/aromatic N) is 3. The predicted octanol–water partition coefficient (Wildman–Crippen LogP) is 1.82. The second-order valence-electron chi connectivity index (χ2n) is 8.71. The number of amides is 2. The zero-order valence-corrected chi connectivity index (χ0v) is 18.1. The van der Waals surface area contributed by atoms with E-state index in [-0.39, 0.29) is 28.8 Å². The fourth-order valence-electron chi connectivity index (χ4n) is 4.47.